The van der Waals surface area contributed by atoms with Gasteiger partial charge in [0.05, 0.1) is 0 Å². The first-order valence-electron chi connectivity index (χ1n) is 8.75. The zero-order valence-corrected chi connectivity index (χ0v) is 17.3. The Labute approximate surface area is 175 Å². The zero-order chi connectivity index (χ0) is 17.1. The van der Waals surface area contributed by atoms with Crippen molar-refractivity contribution >= 4 is 5.57 Å². The van der Waals surface area contributed by atoms with E-state index in [1.807, 2.05) is 12.1 Å². The first-order chi connectivity index (χ1) is 12.3. The monoisotopic (exact) mass is 410 g/mol. The molecular weight excluding hydrogens is 391 g/mol. The van der Waals surface area contributed by atoms with Gasteiger partial charge >= 0.3 is 26.2 Å². The van der Waals surface area contributed by atoms with Crippen LogP contribution in [0.2, 0.25) is 0 Å². The Kier molecular flexibility index (Phi) is 6.22. The molecule has 0 spiro atoms. The number of allylic oxidation sites excluding steroid dienone is 4. The smallest absolute Gasteiger partial charge is 0.269 e. The first-order valence-corrected chi connectivity index (χ1v) is 8.75. The summed E-state index contributed by atoms with van der Waals surface area (Å²) in [5.41, 5.74) is 8.09. The van der Waals surface area contributed by atoms with Gasteiger partial charge in [-0.25, -0.2) is 6.08 Å². The van der Waals surface area contributed by atoms with Gasteiger partial charge in [-0.05, 0) is 6.42 Å². The molecule has 0 bridgehead atoms. The molecule has 0 saturated carbocycles. The number of rotatable bonds is 1. The van der Waals surface area contributed by atoms with Crippen LogP contribution >= 0.6 is 0 Å². The molecule has 0 fully saturated rings. The van der Waals surface area contributed by atoms with Crippen LogP contribution in [0.25, 0.3) is 16.7 Å². The maximum atomic E-state index is 3.30. The van der Waals surface area contributed by atoms with E-state index in [2.05, 4.69) is 91.9 Å². The maximum Gasteiger partial charge on any atom is 2.00 e. The summed E-state index contributed by atoms with van der Waals surface area (Å²) in [7, 11) is 0. The van der Waals surface area contributed by atoms with E-state index in [1.54, 1.807) is 0 Å². The molecule has 0 heterocycles. The summed E-state index contributed by atoms with van der Waals surface area (Å²) < 4.78 is 0. The SMILES string of the molecule is CC1[C-]=CC(c2ccccc2)=C1.[Zr+2].[c-]1cccc2c1Cc1ccccc1-2. The molecule has 26 heavy (non-hydrogen) atoms. The van der Waals surface area contributed by atoms with Crippen LogP contribution in [0.15, 0.2) is 84.9 Å². The summed E-state index contributed by atoms with van der Waals surface area (Å²) in [4.78, 5) is 0. The summed E-state index contributed by atoms with van der Waals surface area (Å²) in [5.74, 6) is 0.472. The Morgan fingerprint density at radius 3 is 2.35 bits per heavy atom. The molecule has 1 unspecified atom stereocenters. The fourth-order valence-electron chi connectivity index (χ4n) is 3.39. The Balaban J connectivity index is 0.000000146. The van der Waals surface area contributed by atoms with E-state index in [9.17, 15) is 0 Å². The van der Waals surface area contributed by atoms with E-state index in [4.69, 9.17) is 0 Å². The van der Waals surface area contributed by atoms with Gasteiger partial charge < -0.3 is 0 Å². The van der Waals surface area contributed by atoms with Gasteiger partial charge in [0.1, 0.15) is 0 Å². The topological polar surface area (TPSA) is 0 Å². The first kappa shape index (κ1) is 18.8. The van der Waals surface area contributed by atoms with Crippen LogP contribution in [-0.2, 0) is 32.6 Å². The molecule has 3 aromatic carbocycles. The Hall–Kier alpha value is -1.98. The average molecular weight is 412 g/mol. The largest absolute Gasteiger partial charge is 2.00 e. The quantitative estimate of drug-likeness (QED) is 0.330. The summed E-state index contributed by atoms with van der Waals surface area (Å²) in [6.07, 6.45) is 8.60. The van der Waals surface area contributed by atoms with Crippen molar-refractivity contribution in [2.24, 2.45) is 5.92 Å². The van der Waals surface area contributed by atoms with Crippen LogP contribution in [0.3, 0.4) is 0 Å². The van der Waals surface area contributed by atoms with Crippen molar-refractivity contribution in [1.82, 2.24) is 0 Å². The van der Waals surface area contributed by atoms with E-state index in [0.717, 1.165) is 6.42 Å². The molecule has 2 aliphatic rings. The zero-order valence-electron chi connectivity index (χ0n) is 14.9. The second-order valence-electron chi connectivity index (χ2n) is 6.48. The molecule has 0 nitrogen and oxygen atoms in total. The van der Waals surface area contributed by atoms with Crippen LogP contribution in [0.4, 0.5) is 0 Å². The number of benzene rings is 3. The number of hydrogen-bond donors (Lipinski definition) is 0. The van der Waals surface area contributed by atoms with Crippen LogP contribution in [0.5, 0.6) is 0 Å². The minimum Gasteiger partial charge on any atom is -0.269 e. The minimum atomic E-state index is 0. The molecule has 0 amide bonds. The van der Waals surface area contributed by atoms with Crippen LogP contribution in [0, 0.1) is 18.1 Å². The molecule has 0 radical (unpaired) electrons. The van der Waals surface area contributed by atoms with Crippen molar-refractivity contribution in [1.29, 1.82) is 0 Å². The average Bonchev–Trinajstić information content (AvgIpc) is 3.26. The van der Waals surface area contributed by atoms with E-state index in [1.165, 1.54) is 33.4 Å². The van der Waals surface area contributed by atoms with E-state index in [0.29, 0.717) is 5.92 Å². The number of fused-ring (bicyclic) bond motifs is 3. The summed E-state index contributed by atoms with van der Waals surface area (Å²) >= 11 is 0. The van der Waals surface area contributed by atoms with Gasteiger partial charge in [0.15, 0.2) is 0 Å². The van der Waals surface area contributed by atoms with Gasteiger partial charge in [-0.3, -0.25) is 6.08 Å². The van der Waals surface area contributed by atoms with Crippen molar-refractivity contribution in [3.05, 3.63) is 114 Å². The maximum absolute atomic E-state index is 3.30. The van der Waals surface area contributed by atoms with Crippen LogP contribution in [0.1, 0.15) is 23.6 Å². The molecule has 0 aromatic heterocycles. The molecule has 0 saturated heterocycles. The Morgan fingerprint density at radius 1 is 0.846 bits per heavy atom. The van der Waals surface area contributed by atoms with Crippen molar-refractivity contribution in [3.63, 3.8) is 0 Å². The predicted molar refractivity (Wildman–Crippen MR) is 105 cm³/mol. The van der Waals surface area contributed by atoms with Crippen molar-refractivity contribution in [2.75, 3.05) is 0 Å². The molecule has 0 aliphatic heterocycles. The Bertz CT molecular complexity index is 892. The second-order valence-corrected chi connectivity index (χ2v) is 6.48. The molecule has 3 aromatic rings. The Morgan fingerprint density at radius 2 is 1.58 bits per heavy atom. The molecule has 0 N–H and O–H groups in total. The molecule has 124 valence electrons. The fraction of sp³-hybridized carbons (Fsp3) is 0.120. The third-order valence-corrected chi connectivity index (χ3v) is 4.65. The van der Waals surface area contributed by atoms with Crippen LogP contribution < -0.4 is 0 Å². The van der Waals surface area contributed by atoms with Gasteiger partial charge in [0.25, 0.3) is 0 Å². The van der Waals surface area contributed by atoms with Gasteiger partial charge in [0.2, 0.25) is 0 Å². The van der Waals surface area contributed by atoms with Crippen molar-refractivity contribution < 1.29 is 26.2 Å². The molecule has 2 aliphatic carbocycles. The summed E-state index contributed by atoms with van der Waals surface area (Å²) in [5, 5.41) is 0. The van der Waals surface area contributed by atoms with E-state index in [-0.39, 0.29) is 26.2 Å². The van der Waals surface area contributed by atoms with Crippen molar-refractivity contribution in [2.45, 2.75) is 13.3 Å². The third-order valence-electron chi connectivity index (χ3n) is 4.65. The molecular formula is C25H20Zr. The summed E-state index contributed by atoms with van der Waals surface area (Å²) in [6, 6.07) is 28.5. The van der Waals surface area contributed by atoms with Gasteiger partial charge in [-0.1, -0.05) is 78.6 Å². The summed E-state index contributed by atoms with van der Waals surface area (Å²) in [6.45, 7) is 2.15. The van der Waals surface area contributed by atoms with E-state index < -0.39 is 0 Å². The normalized spacial score (nSPS) is 15.9. The van der Waals surface area contributed by atoms with Gasteiger partial charge in [-0.2, -0.15) is 41.5 Å². The minimum absolute atomic E-state index is 0. The van der Waals surface area contributed by atoms with Crippen molar-refractivity contribution in [3.8, 4) is 11.1 Å². The van der Waals surface area contributed by atoms with Gasteiger partial charge in [0, 0.05) is 0 Å². The van der Waals surface area contributed by atoms with Crippen LogP contribution in [-0.4, -0.2) is 0 Å². The molecule has 1 heteroatoms. The molecule has 5 rings (SSSR count). The van der Waals surface area contributed by atoms with Gasteiger partial charge in [-0.15, -0.1) is 11.1 Å². The predicted octanol–water partition coefficient (Wildman–Crippen LogP) is 6.13. The second kappa shape index (κ2) is 8.61. The standard InChI is InChI=1S/C13H9.C12H11.Zr/c1-3-7-12-10(5-1)9-11-6-2-4-8-13(11)12;1-10-7-8-12(9-10)11-5-3-2-4-6-11;/h1-5,7-8H,9H2;2-6,8-10H,1H3;/q2*-1;+2. The molecule has 1 atom stereocenters. The fourth-order valence-corrected chi connectivity index (χ4v) is 3.39. The third kappa shape index (κ3) is 4.05. The van der Waals surface area contributed by atoms with E-state index >= 15 is 0 Å². The number of hydrogen-bond acceptors (Lipinski definition) is 0.